The van der Waals surface area contributed by atoms with Crippen molar-refractivity contribution in [2.24, 2.45) is 0 Å². The van der Waals surface area contributed by atoms with Gasteiger partial charge in [0.05, 0.1) is 28.8 Å². The molecule has 126 valence electrons. The molecule has 0 aliphatic carbocycles. The number of rotatable bonds is 4. The van der Waals surface area contributed by atoms with E-state index >= 15 is 0 Å². The van der Waals surface area contributed by atoms with Gasteiger partial charge >= 0.3 is 0 Å². The molecule has 5 nitrogen and oxygen atoms in total. The smallest absolute Gasteiger partial charge is 0.257 e. The summed E-state index contributed by atoms with van der Waals surface area (Å²) >= 11 is 11.8. The number of ether oxygens (including phenoxy) is 2. The van der Waals surface area contributed by atoms with E-state index in [-0.39, 0.29) is 12.0 Å². The van der Waals surface area contributed by atoms with Gasteiger partial charge in [-0.15, -0.1) is 0 Å². The van der Waals surface area contributed by atoms with E-state index < -0.39 is 0 Å². The van der Waals surface area contributed by atoms with E-state index in [0.717, 1.165) is 12.8 Å². The lowest BCUT2D eigenvalue weighted by Gasteiger charge is -2.22. The van der Waals surface area contributed by atoms with Gasteiger partial charge in [0.2, 0.25) is 5.88 Å². The Morgan fingerprint density at radius 2 is 1.96 bits per heavy atom. The number of halogens is 2. The van der Waals surface area contributed by atoms with Crippen molar-refractivity contribution in [2.75, 3.05) is 18.5 Å². The van der Waals surface area contributed by atoms with Crippen molar-refractivity contribution in [2.45, 2.75) is 18.9 Å². The first-order valence-electron chi connectivity index (χ1n) is 7.58. The number of carbonyl (C=O) groups is 1. The van der Waals surface area contributed by atoms with E-state index in [1.807, 2.05) is 0 Å². The second-order valence-electron chi connectivity index (χ2n) is 5.40. The van der Waals surface area contributed by atoms with Crippen LogP contribution in [0.4, 0.5) is 5.69 Å². The topological polar surface area (TPSA) is 60.5 Å². The number of pyridine rings is 1. The fourth-order valence-electron chi connectivity index (χ4n) is 2.33. The molecule has 0 atom stereocenters. The monoisotopic (exact) mass is 366 g/mol. The molecule has 7 heteroatoms. The summed E-state index contributed by atoms with van der Waals surface area (Å²) < 4.78 is 11.1. The van der Waals surface area contributed by atoms with Crippen molar-refractivity contribution in [1.29, 1.82) is 0 Å². The molecule has 3 rings (SSSR count). The highest BCUT2D eigenvalue weighted by Crippen LogP contribution is 2.25. The van der Waals surface area contributed by atoms with Gasteiger partial charge in [-0.3, -0.25) is 4.79 Å². The number of nitrogens with one attached hydrogen (secondary N) is 1. The highest BCUT2D eigenvalue weighted by Gasteiger charge is 2.16. The van der Waals surface area contributed by atoms with E-state index in [1.54, 1.807) is 30.3 Å². The molecule has 2 aromatic rings. The van der Waals surface area contributed by atoms with E-state index in [9.17, 15) is 4.79 Å². The minimum absolute atomic E-state index is 0.113. The first-order chi connectivity index (χ1) is 11.6. The molecule has 24 heavy (non-hydrogen) atoms. The van der Waals surface area contributed by atoms with Gasteiger partial charge in [0, 0.05) is 30.8 Å². The molecule has 1 aliphatic heterocycles. The van der Waals surface area contributed by atoms with Crippen LogP contribution in [0.1, 0.15) is 23.2 Å². The second-order valence-corrected chi connectivity index (χ2v) is 6.21. The molecule has 0 saturated carbocycles. The maximum absolute atomic E-state index is 12.2. The summed E-state index contributed by atoms with van der Waals surface area (Å²) in [6, 6.07) is 8.27. The molecule has 0 bridgehead atoms. The van der Waals surface area contributed by atoms with Crippen LogP contribution in [-0.4, -0.2) is 30.2 Å². The molecular weight excluding hydrogens is 351 g/mol. The zero-order valence-electron chi connectivity index (χ0n) is 12.8. The minimum atomic E-state index is -0.279. The summed E-state index contributed by atoms with van der Waals surface area (Å²) in [5.41, 5.74) is 0.998. The van der Waals surface area contributed by atoms with Crippen LogP contribution >= 0.6 is 23.2 Å². The van der Waals surface area contributed by atoms with Crippen LogP contribution < -0.4 is 10.1 Å². The van der Waals surface area contributed by atoms with Crippen LogP contribution in [0, 0.1) is 0 Å². The van der Waals surface area contributed by atoms with Crippen LogP contribution in [-0.2, 0) is 4.74 Å². The average Bonchev–Trinajstić information content (AvgIpc) is 2.60. The molecule has 1 saturated heterocycles. The predicted octanol–water partition coefficient (Wildman–Crippen LogP) is 4.20. The van der Waals surface area contributed by atoms with E-state index in [2.05, 4.69) is 10.3 Å². The van der Waals surface area contributed by atoms with E-state index in [1.165, 1.54) is 6.20 Å². The van der Waals surface area contributed by atoms with Crippen LogP contribution in [0.2, 0.25) is 10.0 Å². The second kappa shape index (κ2) is 7.83. The lowest BCUT2D eigenvalue weighted by atomic mass is 10.1. The van der Waals surface area contributed by atoms with Gasteiger partial charge in [0.1, 0.15) is 6.10 Å². The predicted molar refractivity (Wildman–Crippen MR) is 93.1 cm³/mol. The zero-order valence-corrected chi connectivity index (χ0v) is 14.3. The Morgan fingerprint density at radius 1 is 1.17 bits per heavy atom. The van der Waals surface area contributed by atoms with Gasteiger partial charge in [0.25, 0.3) is 5.91 Å². The summed E-state index contributed by atoms with van der Waals surface area (Å²) in [4.78, 5) is 16.4. The van der Waals surface area contributed by atoms with Crippen LogP contribution in [0.15, 0.2) is 36.5 Å². The van der Waals surface area contributed by atoms with Gasteiger partial charge in [-0.05, 0) is 24.3 Å². The van der Waals surface area contributed by atoms with Crippen LogP contribution in [0.3, 0.4) is 0 Å². The molecular formula is C17H16Cl2N2O3. The summed E-state index contributed by atoms with van der Waals surface area (Å²) in [5.74, 6) is 0.228. The fourth-order valence-corrected chi connectivity index (χ4v) is 2.62. The summed E-state index contributed by atoms with van der Waals surface area (Å²) in [6.07, 6.45) is 3.30. The Hall–Kier alpha value is -1.82. The largest absolute Gasteiger partial charge is 0.474 e. The fraction of sp³-hybridized carbons (Fsp3) is 0.294. The molecule has 1 amide bonds. The first-order valence-corrected chi connectivity index (χ1v) is 8.34. The van der Waals surface area contributed by atoms with E-state index in [4.69, 9.17) is 32.7 Å². The Labute approximate surface area is 149 Å². The van der Waals surface area contributed by atoms with Gasteiger partial charge in [-0.1, -0.05) is 23.2 Å². The number of anilines is 1. The number of hydrogen-bond acceptors (Lipinski definition) is 4. The van der Waals surface area contributed by atoms with Gasteiger partial charge < -0.3 is 14.8 Å². The Kier molecular flexibility index (Phi) is 5.56. The SMILES string of the molecule is O=C(Nc1ccc(Cl)c(Cl)c1)c1ccc(OC2CCOCC2)nc1. The standard InChI is InChI=1S/C17H16Cl2N2O3/c18-14-3-2-12(9-15(14)19)21-17(22)11-1-4-16(20-10-11)24-13-5-7-23-8-6-13/h1-4,9-10,13H,5-8H2,(H,21,22). The number of benzene rings is 1. The number of carbonyl (C=O) groups excluding carboxylic acids is 1. The minimum Gasteiger partial charge on any atom is -0.474 e. The molecule has 1 N–H and O–H groups in total. The van der Waals surface area contributed by atoms with Gasteiger partial charge in [-0.25, -0.2) is 4.98 Å². The third-order valence-corrected chi connectivity index (χ3v) is 4.37. The molecule has 1 aromatic heterocycles. The van der Waals surface area contributed by atoms with Gasteiger partial charge in [-0.2, -0.15) is 0 Å². The molecule has 0 spiro atoms. The lowest BCUT2D eigenvalue weighted by Crippen LogP contribution is -2.26. The number of hydrogen-bond donors (Lipinski definition) is 1. The summed E-state index contributed by atoms with van der Waals surface area (Å²) in [5, 5.41) is 3.57. The van der Waals surface area contributed by atoms with Crippen LogP contribution in [0.25, 0.3) is 0 Å². The van der Waals surface area contributed by atoms with E-state index in [0.29, 0.717) is 40.4 Å². The molecule has 0 unspecified atom stereocenters. The maximum Gasteiger partial charge on any atom is 0.257 e. The average molecular weight is 367 g/mol. The van der Waals surface area contributed by atoms with Crippen LogP contribution in [0.5, 0.6) is 5.88 Å². The Balaban J connectivity index is 1.61. The molecule has 2 heterocycles. The van der Waals surface area contributed by atoms with Crippen molar-refractivity contribution in [1.82, 2.24) is 4.98 Å². The zero-order chi connectivity index (χ0) is 16.9. The number of amides is 1. The van der Waals surface area contributed by atoms with Crippen molar-refractivity contribution < 1.29 is 14.3 Å². The molecule has 0 radical (unpaired) electrons. The third-order valence-electron chi connectivity index (χ3n) is 3.63. The van der Waals surface area contributed by atoms with Crippen molar-refractivity contribution in [3.63, 3.8) is 0 Å². The maximum atomic E-state index is 12.2. The highest BCUT2D eigenvalue weighted by molar-refractivity contribution is 6.42. The number of nitrogens with zero attached hydrogens (tertiary/aromatic N) is 1. The summed E-state index contributed by atoms with van der Waals surface area (Å²) in [6.45, 7) is 1.41. The molecule has 1 aromatic carbocycles. The van der Waals surface area contributed by atoms with Crippen molar-refractivity contribution in [3.05, 3.63) is 52.1 Å². The first kappa shape index (κ1) is 17.0. The lowest BCUT2D eigenvalue weighted by molar-refractivity contribution is 0.0237. The molecule has 1 fully saturated rings. The number of aromatic nitrogens is 1. The quantitative estimate of drug-likeness (QED) is 0.880. The van der Waals surface area contributed by atoms with Crippen molar-refractivity contribution in [3.8, 4) is 5.88 Å². The summed E-state index contributed by atoms with van der Waals surface area (Å²) in [7, 11) is 0. The van der Waals surface area contributed by atoms with Gasteiger partial charge in [0.15, 0.2) is 0 Å². The normalized spacial score (nSPS) is 15.1. The third kappa shape index (κ3) is 4.38. The van der Waals surface area contributed by atoms with Crippen molar-refractivity contribution >= 4 is 34.8 Å². The Bertz CT molecular complexity index is 716. The highest BCUT2D eigenvalue weighted by atomic mass is 35.5. The molecule has 1 aliphatic rings. The Morgan fingerprint density at radius 3 is 2.62 bits per heavy atom.